The minimum absolute atomic E-state index is 0.0242. The van der Waals surface area contributed by atoms with Crippen molar-refractivity contribution in [3.63, 3.8) is 0 Å². The largest absolute Gasteiger partial charge is 0.504 e. The molecule has 15 heteroatoms. The van der Waals surface area contributed by atoms with Gasteiger partial charge in [0.1, 0.15) is 18.0 Å². The van der Waals surface area contributed by atoms with Crippen LogP contribution in [0.2, 0.25) is 0 Å². The number of halogens is 3. The maximum atomic E-state index is 15.0. The molecule has 4 heterocycles. The first kappa shape index (κ1) is 27.6. The van der Waals surface area contributed by atoms with Gasteiger partial charge in [-0.1, -0.05) is 0 Å². The second-order valence-corrected chi connectivity index (χ2v) is 9.53. The zero-order chi connectivity index (χ0) is 29.6. The molecule has 1 fully saturated rings. The van der Waals surface area contributed by atoms with Gasteiger partial charge >= 0.3 is 0 Å². The van der Waals surface area contributed by atoms with Crippen molar-refractivity contribution in [3.05, 3.63) is 64.2 Å². The Morgan fingerprint density at radius 1 is 1.20 bits per heavy atom. The number of benzene rings is 1. The SMILES string of the molecule is C[C@H]1COCCN1c1cc(NC(=O)Cn2cc(-c3cc(C(N)=O)c(O)c(F)c3F)c3c(=O)n(C)cnc32)c(F)cn1. The molecule has 0 bridgehead atoms. The van der Waals surface area contributed by atoms with E-state index < -0.39 is 58.2 Å². The number of hydrogen-bond acceptors (Lipinski definition) is 8. The maximum absolute atomic E-state index is 15.0. The van der Waals surface area contributed by atoms with Crippen molar-refractivity contribution < 1.29 is 32.6 Å². The lowest BCUT2D eigenvalue weighted by Gasteiger charge is -2.34. The zero-order valence-corrected chi connectivity index (χ0v) is 21.8. The molecule has 12 nitrogen and oxygen atoms in total. The van der Waals surface area contributed by atoms with E-state index in [2.05, 4.69) is 15.3 Å². The monoisotopic (exact) mass is 571 g/mol. The van der Waals surface area contributed by atoms with Crippen LogP contribution in [0, 0.1) is 17.5 Å². The molecule has 5 rings (SSSR count). The van der Waals surface area contributed by atoms with Crippen LogP contribution in [0.4, 0.5) is 24.7 Å². The van der Waals surface area contributed by atoms with Crippen LogP contribution in [0.15, 0.2) is 35.6 Å². The Kier molecular flexibility index (Phi) is 7.13. The molecule has 41 heavy (non-hydrogen) atoms. The number of aryl methyl sites for hydroxylation is 1. The van der Waals surface area contributed by atoms with Crippen molar-refractivity contribution in [2.75, 3.05) is 30.0 Å². The van der Waals surface area contributed by atoms with Crippen LogP contribution in [0.5, 0.6) is 5.75 Å². The smallest absolute Gasteiger partial charge is 0.263 e. The number of rotatable bonds is 6. The number of phenols is 1. The number of carbonyl (C=O) groups excluding carboxylic acids is 2. The van der Waals surface area contributed by atoms with Gasteiger partial charge in [-0.2, -0.15) is 4.39 Å². The van der Waals surface area contributed by atoms with Crippen LogP contribution < -0.4 is 21.5 Å². The molecule has 0 spiro atoms. The van der Waals surface area contributed by atoms with Crippen LogP contribution >= 0.6 is 0 Å². The third-order valence-electron chi connectivity index (χ3n) is 6.76. The van der Waals surface area contributed by atoms with Crippen molar-refractivity contribution in [3.8, 4) is 16.9 Å². The van der Waals surface area contributed by atoms with Crippen LogP contribution in [0.1, 0.15) is 17.3 Å². The Morgan fingerprint density at radius 2 is 1.95 bits per heavy atom. The quantitative estimate of drug-likeness (QED) is 0.317. The van der Waals surface area contributed by atoms with Gasteiger partial charge in [0.05, 0.1) is 48.4 Å². The third-order valence-corrected chi connectivity index (χ3v) is 6.76. The van der Waals surface area contributed by atoms with E-state index in [4.69, 9.17) is 10.5 Å². The predicted molar refractivity (Wildman–Crippen MR) is 141 cm³/mol. The molecular formula is C26H24F3N7O5. The van der Waals surface area contributed by atoms with E-state index in [1.807, 2.05) is 11.8 Å². The number of primary amides is 1. The lowest BCUT2D eigenvalue weighted by Crippen LogP contribution is -2.44. The lowest BCUT2D eigenvalue weighted by molar-refractivity contribution is -0.116. The fourth-order valence-electron chi connectivity index (χ4n) is 4.68. The molecule has 214 valence electrons. The number of aromatic hydroxyl groups is 1. The van der Waals surface area contributed by atoms with Gasteiger partial charge < -0.3 is 34.9 Å². The van der Waals surface area contributed by atoms with Crippen molar-refractivity contribution >= 4 is 34.4 Å². The fraction of sp³-hybridized carbons (Fsp3) is 0.269. The normalized spacial score (nSPS) is 15.3. The zero-order valence-electron chi connectivity index (χ0n) is 21.8. The number of nitrogens with two attached hydrogens (primary N) is 1. The van der Waals surface area contributed by atoms with Gasteiger partial charge in [0.2, 0.25) is 11.7 Å². The summed E-state index contributed by atoms with van der Waals surface area (Å²) in [4.78, 5) is 48.0. The van der Waals surface area contributed by atoms with Crippen LogP contribution in [-0.2, 0) is 23.1 Å². The van der Waals surface area contributed by atoms with Crippen molar-refractivity contribution in [1.82, 2.24) is 19.1 Å². The molecule has 1 atom stereocenters. The average Bonchev–Trinajstić information content (AvgIpc) is 3.29. The minimum atomic E-state index is -1.74. The Morgan fingerprint density at radius 3 is 2.66 bits per heavy atom. The predicted octanol–water partition coefficient (Wildman–Crippen LogP) is 1.88. The van der Waals surface area contributed by atoms with E-state index in [1.54, 1.807) is 0 Å². The van der Waals surface area contributed by atoms with Gasteiger partial charge in [0, 0.05) is 37.0 Å². The van der Waals surface area contributed by atoms with Crippen molar-refractivity contribution in [2.24, 2.45) is 12.8 Å². The van der Waals surface area contributed by atoms with E-state index >= 15 is 4.39 Å². The summed E-state index contributed by atoms with van der Waals surface area (Å²) in [5.41, 5.74) is 2.85. The van der Waals surface area contributed by atoms with Gasteiger partial charge in [-0.25, -0.2) is 18.7 Å². The number of pyridine rings is 1. The number of nitrogens with one attached hydrogen (secondary N) is 1. The first-order valence-electron chi connectivity index (χ1n) is 12.3. The minimum Gasteiger partial charge on any atom is -0.504 e. The van der Waals surface area contributed by atoms with E-state index in [9.17, 15) is 28.3 Å². The Labute approximate surface area is 229 Å². The van der Waals surface area contributed by atoms with Gasteiger partial charge in [0.15, 0.2) is 17.4 Å². The number of hydrogen-bond donors (Lipinski definition) is 3. The van der Waals surface area contributed by atoms with E-state index in [0.717, 1.165) is 16.8 Å². The first-order valence-corrected chi connectivity index (χ1v) is 12.3. The highest BCUT2D eigenvalue weighted by atomic mass is 19.2. The van der Waals surface area contributed by atoms with E-state index in [1.165, 1.54) is 30.2 Å². The fourth-order valence-corrected chi connectivity index (χ4v) is 4.68. The van der Waals surface area contributed by atoms with Gasteiger partial charge in [-0.3, -0.25) is 14.4 Å². The number of fused-ring (bicyclic) bond motifs is 1. The number of ether oxygens (including phenoxy) is 1. The third kappa shape index (κ3) is 4.95. The number of morpholine rings is 1. The topological polar surface area (TPSA) is 158 Å². The van der Waals surface area contributed by atoms with Gasteiger partial charge in [0.25, 0.3) is 11.5 Å². The number of carbonyl (C=O) groups is 2. The van der Waals surface area contributed by atoms with Gasteiger partial charge in [-0.05, 0) is 13.0 Å². The molecule has 1 aliphatic rings. The summed E-state index contributed by atoms with van der Waals surface area (Å²) in [5, 5.41) is 12.1. The van der Waals surface area contributed by atoms with Gasteiger partial charge in [-0.15, -0.1) is 0 Å². The van der Waals surface area contributed by atoms with E-state index in [0.29, 0.717) is 25.6 Å². The van der Waals surface area contributed by atoms with E-state index in [-0.39, 0.29) is 28.3 Å². The summed E-state index contributed by atoms with van der Waals surface area (Å²) in [7, 11) is 1.38. The summed E-state index contributed by atoms with van der Waals surface area (Å²) >= 11 is 0. The summed E-state index contributed by atoms with van der Waals surface area (Å²) in [5.74, 6) is -6.88. The average molecular weight is 572 g/mol. The lowest BCUT2D eigenvalue weighted by atomic mass is 10.0. The van der Waals surface area contributed by atoms with Crippen LogP contribution in [-0.4, -0.2) is 61.8 Å². The number of aromatic nitrogens is 4. The molecule has 2 amide bonds. The number of amides is 2. The highest BCUT2D eigenvalue weighted by molar-refractivity contribution is 6.00. The van der Waals surface area contributed by atoms with Crippen LogP contribution in [0.25, 0.3) is 22.2 Å². The molecule has 0 unspecified atom stereocenters. The molecule has 1 aliphatic heterocycles. The molecule has 0 saturated carbocycles. The number of anilines is 2. The molecule has 0 radical (unpaired) electrons. The molecule has 4 N–H and O–H groups in total. The molecule has 4 aromatic rings. The Balaban J connectivity index is 1.53. The highest BCUT2D eigenvalue weighted by Crippen LogP contribution is 2.36. The molecule has 3 aromatic heterocycles. The van der Waals surface area contributed by atoms with Crippen LogP contribution in [0.3, 0.4) is 0 Å². The standard InChI is InChI=1S/C26H24F3N7O5/c1-12-10-41-4-3-36(12)18-6-17(16(27)7-31-18)33-19(37)9-35-8-15(20-25(35)32-11-34(2)26(20)40)13-5-14(24(30)39)23(38)22(29)21(13)28/h5-8,11-12,38H,3-4,9-10H2,1-2H3,(H2,30,39)(H,31,33,37)/t12-/m0/s1. The molecular weight excluding hydrogens is 547 g/mol. The summed E-state index contributed by atoms with van der Waals surface area (Å²) in [6.45, 7) is 2.86. The Hall–Kier alpha value is -4.92. The first-order chi connectivity index (χ1) is 19.5. The second kappa shape index (κ2) is 10.6. The summed E-state index contributed by atoms with van der Waals surface area (Å²) < 4.78 is 51.8. The Bertz CT molecular complexity index is 1770. The summed E-state index contributed by atoms with van der Waals surface area (Å²) in [6.07, 6.45) is 3.33. The van der Waals surface area contributed by atoms with Crippen molar-refractivity contribution in [2.45, 2.75) is 19.5 Å². The maximum Gasteiger partial charge on any atom is 0.263 e. The highest BCUT2D eigenvalue weighted by Gasteiger charge is 2.26. The molecule has 0 aliphatic carbocycles. The molecule has 1 aromatic carbocycles. The van der Waals surface area contributed by atoms with Crippen molar-refractivity contribution in [1.29, 1.82) is 0 Å². The number of nitrogens with zero attached hydrogens (tertiary/aromatic N) is 5. The summed E-state index contributed by atoms with van der Waals surface area (Å²) in [6, 6.07) is 2.17. The second-order valence-electron chi connectivity index (χ2n) is 9.53. The molecule has 1 saturated heterocycles.